The predicted molar refractivity (Wildman–Crippen MR) is 75.2 cm³/mol. The lowest BCUT2D eigenvalue weighted by molar-refractivity contribution is 0.102. The smallest absolute Gasteiger partial charge is 0.255 e. The molecule has 3 nitrogen and oxygen atoms in total. The highest BCUT2D eigenvalue weighted by molar-refractivity contribution is 14.1. The van der Waals surface area contributed by atoms with Gasteiger partial charge >= 0.3 is 0 Å². The van der Waals surface area contributed by atoms with Gasteiger partial charge in [0.1, 0.15) is 5.75 Å². The van der Waals surface area contributed by atoms with Crippen molar-refractivity contribution < 1.29 is 9.90 Å². The zero-order valence-electron chi connectivity index (χ0n) is 8.85. The van der Waals surface area contributed by atoms with Gasteiger partial charge in [-0.3, -0.25) is 4.79 Å². The molecule has 0 heterocycles. The van der Waals surface area contributed by atoms with Crippen LogP contribution in [0.15, 0.2) is 48.5 Å². The molecule has 0 unspecified atom stereocenters. The average molecular weight is 339 g/mol. The Bertz CT molecular complexity index is 520. The first-order valence-electron chi connectivity index (χ1n) is 5.01. The fourth-order valence-corrected chi connectivity index (χ4v) is 1.71. The van der Waals surface area contributed by atoms with Crippen LogP contribution in [-0.4, -0.2) is 11.0 Å². The number of aromatic hydroxyl groups is 1. The first-order valence-corrected chi connectivity index (χ1v) is 6.09. The lowest BCUT2D eigenvalue weighted by Gasteiger charge is -2.05. The number of hydrogen-bond acceptors (Lipinski definition) is 2. The van der Waals surface area contributed by atoms with Crippen LogP contribution in [-0.2, 0) is 0 Å². The second-order valence-corrected chi connectivity index (χ2v) is 4.75. The van der Waals surface area contributed by atoms with Crippen molar-refractivity contribution in [2.24, 2.45) is 0 Å². The Morgan fingerprint density at radius 1 is 1.00 bits per heavy atom. The number of phenols is 1. The molecule has 0 aliphatic rings. The van der Waals surface area contributed by atoms with Crippen LogP contribution in [0.25, 0.3) is 0 Å². The fourth-order valence-electron chi connectivity index (χ4n) is 1.35. The molecule has 0 atom stereocenters. The van der Waals surface area contributed by atoms with Crippen molar-refractivity contribution in [3.05, 3.63) is 57.7 Å². The topological polar surface area (TPSA) is 49.3 Å². The number of anilines is 1. The summed E-state index contributed by atoms with van der Waals surface area (Å²) in [6, 6.07) is 13.7. The molecule has 0 fully saturated rings. The van der Waals surface area contributed by atoms with E-state index in [9.17, 15) is 4.79 Å². The van der Waals surface area contributed by atoms with E-state index in [4.69, 9.17) is 5.11 Å². The van der Waals surface area contributed by atoms with Gasteiger partial charge < -0.3 is 10.4 Å². The van der Waals surface area contributed by atoms with Gasteiger partial charge in [-0.05, 0) is 71.1 Å². The third-order valence-corrected chi connectivity index (χ3v) is 2.95. The lowest BCUT2D eigenvalue weighted by atomic mass is 10.2. The van der Waals surface area contributed by atoms with E-state index in [1.807, 2.05) is 24.3 Å². The number of rotatable bonds is 2. The van der Waals surface area contributed by atoms with Gasteiger partial charge in [0.05, 0.1) is 0 Å². The molecule has 0 spiro atoms. The van der Waals surface area contributed by atoms with Crippen LogP contribution in [0.2, 0.25) is 0 Å². The summed E-state index contributed by atoms with van der Waals surface area (Å²) in [5.41, 5.74) is 1.27. The van der Waals surface area contributed by atoms with Crippen molar-refractivity contribution in [3.63, 3.8) is 0 Å². The molecule has 86 valence electrons. The highest BCUT2D eigenvalue weighted by Crippen LogP contribution is 2.14. The van der Waals surface area contributed by atoms with Gasteiger partial charge in [0.2, 0.25) is 0 Å². The first-order chi connectivity index (χ1) is 8.15. The van der Waals surface area contributed by atoms with E-state index in [-0.39, 0.29) is 11.7 Å². The normalized spacial score (nSPS) is 9.94. The summed E-state index contributed by atoms with van der Waals surface area (Å²) < 4.78 is 1.12. The maximum atomic E-state index is 11.8. The van der Waals surface area contributed by atoms with Gasteiger partial charge in [0, 0.05) is 14.8 Å². The van der Waals surface area contributed by atoms with E-state index in [2.05, 4.69) is 27.9 Å². The predicted octanol–water partition coefficient (Wildman–Crippen LogP) is 3.25. The van der Waals surface area contributed by atoms with Crippen LogP contribution >= 0.6 is 22.6 Å². The molecule has 0 radical (unpaired) electrons. The van der Waals surface area contributed by atoms with E-state index >= 15 is 0 Å². The molecule has 17 heavy (non-hydrogen) atoms. The number of carbonyl (C=O) groups is 1. The quantitative estimate of drug-likeness (QED) is 0.826. The minimum absolute atomic E-state index is 0.149. The van der Waals surface area contributed by atoms with Crippen LogP contribution in [0.5, 0.6) is 5.75 Å². The van der Waals surface area contributed by atoms with E-state index in [1.54, 1.807) is 12.1 Å². The summed E-state index contributed by atoms with van der Waals surface area (Å²) in [6.07, 6.45) is 0. The SMILES string of the molecule is O=C(Nc1ccc(I)cc1)c1ccc(O)cc1. The summed E-state index contributed by atoms with van der Waals surface area (Å²) in [6.45, 7) is 0. The van der Waals surface area contributed by atoms with Crippen molar-refractivity contribution in [1.29, 1.82) is 0 Å². The molecule has 2 aromatic carbocycles. The molecule has 0 aliphatic heterocycles. The highest BCUT2D eigenvalue weighted by Gasteiger charge is 2.05. The Hall–Kier alpha value is -1.56. The number of phenolic OH excluding ortho intramolecular Hbond substituents is 1. The van der Waals surface area contributed by atoms with Crippen molar-refractivity contribution in [3.8, 4) is 5.75 Å². The summed E-state index contributed by atoms with van der Waals surface area (Å²) in [4.78, 5) is 11.8. The monoisotopic (exact) mass is 339 g/mol. The summed E-state index contributed by atoms with van der Waals surface area (Å²) in [5.74, 6) is -0.0398. The van der Waals surface area contributed by atoms with Crippen LogP contribution < -0.4 is 5.32 Å². The van der Waals surface area contributed by atoms with E-state index < -0.39 is 0 Å². The largest absolute Gasteiger partial charge is 0.508 e. The first kappa shape index (κ1) is 11.9. The molecule has 2 N–H and O–H groups in total. The molecule has 0 aromatic heterocycles. The number of amides is 1. The van der Waals surface area contributed by atoms with Gasteiger partial charge in [0.25, 0.3) is 5.91 Å². The standard InChI is InChI=1S/C13H10INO2/c14-10-3-5-11(6-4-10)15-13(17)9-1-7-12(16)8-2-9/h1-8,16H,(H,15,17). The van der Waals surface area contributed by atoms with Crippen LogP contribution in [0.4, 0.5) is 5.69 Å². The lowest BCUT2D eigenvalue weighted by Crippen LogP contribution is -2.11. The molecular weight excluding hydrogens is 329 g/mol. The Morgan fingerprint density at radius 3 is 2.18 bits per heavy atom. The fraction of sp³-hybridized carbons (Fsp3) is 0. The Kier molecular flexibility index (Phi) is 3.63. The number of hydrogen-bond donors (Lipinski definition) is 2. The number of halogens is 1. The number of nitrogens with one attached hydrogen (secondary N) is 1. The summed E-state index contributed by atoms with van der Waals surface area (Å²) in [7, 11) is 0. The number of carbonyl (C=O) groups excluding carboxylic acids is 1. The molecule has 0 aliphatic carbocycles. The maximum Gasteiger partial charge on any atom is 0.255 e. The van der Waals surface area contributed by atoms with Crippen molar-refractivity contribution in [1.82, 2.24) is 0 Å². The number of benzene rings is 2. The summed E-state index contributed by atoms with van der Waals surface area (Å²) >= 11 is 2.20. The van der Waals surface area contributed by atoms with Crippen molar-refractivity contribution in [2.75, 3.05) is 5.32 Å². The second-order valence-electron chi connectivity index (χ2n) is 3.51. The Morgan fingerprint density at radius 2 is 1.59 bits per heavy atom. The summed E-state index contributed by atoms with van der Waals surface area (Å²) in [5, 5.41) is 11.9. The van der Waals surface area contributed by atoms with Gasteiger partial charge in [-0.2, -0.15) is 0 Å². The molecule has 4 heteroatoms. The maximum absolute atomic E-state index is 11.8. The molecule has 0 saturated heterocycles. The van der Waals surface area contributed by atoms with Gasteiger partial charge in [0.15, 0.2) is 0 Å². The minimum Gasteiger partial charge on any atom is -0.508 e. The second kappa shape index (κ2) is 5.18. The van der Waals surface area contributed by atoms with Crippen LogP contribution in [0.3, 0.4) is 0 Å². The van der Waals surface area contributed by atoms with Gasteiger partial charge in [-0.15, -0.1) is 0 Å². The van der Waals surface area contributed by atoms with Crippen molar-refractivity contribution in [2.45, 2.75) is 0 Å². The highest BCUT2D eigenvalue weighted by atomic mass is 127. The van der Waals surface area contributed by atoms with E-state index in [1.165, 1.54) is 12.1 Å². The molecule has 0 bridgehead atoms. The van der Waals surface area contributed by atoms with E-state index in [0.29, 0.717) is 5.56 Å². The zero-order chi connectivity index (χ0) is 12.3. The molecular formula is C13H10INO2. The molecule has 0 saturated carbocycles. The van der Waals surface area contributed by atoms with E-state index in [0.717, 1.165) is 9.26 Å². The average Bonchev–Trinajstić information content (AvgIpc) is 2.33. The van der Waals surface area contributed by atoms with Gasteiger partial charge in [-0.1, -0.05) is 0 Å². The molecule has 2 aromatic rings. The minimum atomic E-state index is -0.189. The molecule has 2 rings (SSSR count). The van der Waals surface area contributed by atoms with Crippen molar-refractivity contribution >= 4 is 34.2 Å². The zero-order valence-corrected chi connectivity index (χ0v) is 11.0. The third-order valence-electron chi connectivity index (χ3n) is 2.23. The Labute approximate surface area is 113 Å². The molecule has 1 amide bonds. The third kappa shape index (κ3) is 3.20. The Balaban J connectivity index is 2.11. The van der Waals surface area contributed by atoms with Crippen LogP contribution in [0.1, 0.15) is 10.4 Å². The van der Waals surface area contributed by atoms with Crippen LogP contribution in [0, 0.1) is 3.57 Å². The van der Waals surface area contributed by atoms with Gasteiger partial charge in [-0.25, -0.2) is 0 Å².